The standard InChI is InChI=1S/C14H14BrN4O3S2/c1-3-22-14(20)19-24(21)10-6-4-5-9(7-10)17-13-16-8-11(15)12(18-13)23-2/h4-8H,3H2,1-2H3,(H,16,17,18)/q-1. The number of anilines is 2. The van der Waals surface area contributed by atoms with Gasteiger partial charge in [0.15, 0.2) is 0 Å². The van der Waals surface area contributed by atoms with Crippen LogP contribution in [0.25, 0.3) is 0 Å². The summed E-state index contributed by atoms with van der Waals surface area (Å²) in [5.74, 6) is 0.410. The zero-order valence-corrected chi connectivity index (χ0v) is 16.1. The molecule has 24 heavy (non-hydrogen) atoms. The van der Waals surface area contributed by atoms with E-state index in [0.717, 1.165) is 9.50 Å². The second kappa shape index (κ2) is 9.00. The molecular weight excluding hydrogens is 416 g/mol. The van der Waals surface area contributed by atoms with E-state index in [1.165, 1.54) is 11.8 Å². The van der Waals surface area contributed by atoms with Gasteiger partial charge in [-0.15, -0.1) is 22.4 Å². The predicted molar refractivity (Wildman–Crippen MR) is 97.0 cm³/mol. The first-order valence-electron chi connectivity index (χ1n) is 6.77. The maximum absolute atomic E-state index is 12.1. The molecular formula is C14H14BrN4O3S2-. The Bertz CT molecular complexity index is 825. The number of nitrogens with zero attached hydrogens (tertiary/aromatic N) is 3. The number of carbonyl (C=O) groups is 1. The molecule has 0 saturated heterocycles. The lowest BCUT2D eigenvalue weighted by atomic mass is 10.3. The Hall–Kier alpha value is -1.65. The van der Waals surface area contributed by atoms with E-state index in [1.807, 2.05) is 6.26 Å². The van der Waals surface area contributed by atoms with Gasteiger partial charge in [-0.05, 0) is 35.2 Å². The second-order valence-corrected chi connectivity index (χ2v) is 7.04. The van der Waals surface area contributed by atoms with Crippen molar-refractivity contribution in [1.82, 2.24) is 9.97 Å². The summed E-state index contributed by atoms with van der Waals surface area (Å²) in [5, 5.41) is 3.83. The minimum atomic E-state index is -1.83. The first kappa shape index (κ1) is 18.7. The number of carbonyl (C=O) groups excluding carboxylic acids is 1. The van der Waals surface area contributed by atoms with Gasteiger partial charge < -0.3 is 14.3 Å². The smallest absolute Gasteiger partial charge is 0.410 e. The van der Waals surface area contributed by atoms with E-state index in [9.17, 15) is 9.00 Å². The van der Waals surface area contributed by atoms with Gasteiger partial charge in [0, 0.05) is 11.9 Å². The van der Waals surface area contributed by atoms with Crippen molar-refractivity contribution in [2.24, 2.45) is 4.36 Å². The van der Waals surface area contributed by atoms with Crippen molar-refractivity contribution in [2.45, 2.75) is 16.8 Å². The maximum atomic E-state index is 12.1. The number of ether oxygens (including phenoxy) is 1. The molecule has 128 valence electrons. The van der Waals surface area contributed by atoms with Crippen molar-refractivity contribution < 1.29 is 13.7 Å². The highest BCUT2D eigenvalue weighted by Gasteiger charge is 2.04. The van der Waals surface area contributed by atoms with Crippen LogP contribution in [0, 0.1) is 0 Å². The second-order valence-electron chi connectivity index (χ2n) is 4.24. The normalized spacial score (nSPS) is 12.0. The van der Waals surface area contributed by atoms with Crippen molar-refractivity contribution in [3.63, 3.8) is 0 Å². The molecule has 0 bridgehead atoms. The Labute approximate surface area is 154 Å². The molecule has 10 heteroatoms. The van der Waals surface area contributed by atoms with Crippen LogP contribution in [0.1, 0.15) is 6.92 Å². The SMILES string of the molecule is CCOC(=O)N=[S-](=O)c1cccc(Nc2ncc(Br)c(SC)n2)c1. The third-order valence-electron chi connectivity index (χ3n) is 2.62. The molecule has 0 unspecified atom stereocenters. The Balaban J connectivity index is 2.22. The van der Waals surface area contributed by atoms with Crippen molar-refractivity contribution in [3.8, 4) is 0 Å². The largest absolute Gasteiger partial charge is 0.450 e. The number of thioether (sulfide) groups is 1. The van der Waals surface area contributed by atoms with Gasteiger partial charge in [-0.25, -0.2) is 14.8 Å². The molecule has 0 aliphatic heterocycles. The highest BCUT2D eigenvalue weighted by molar-refractivity contribution is 9.10. The fourth-order valence-corrected chi connectivity index (χ4v) is 3.46. The minimum Gasteiger partial charge on any atom is -0.450 e. The summed E-state index contributed by atoms with van der Waals surface area (Å²) in [6.45, 7) is 1.84. The number of hydrogen-bond acceptors (Lipinski definition) is 8. The van der Waals surface area contributed by atoms with Gasteiger partial charge in [0.05, 0.1) is 11.1 Å². The molecule has 1 amide bonds. The van der Waals surface area contributed by atoms with Gasteiger partial charge in [0.2, 0.25) is 5.95 Å². The topological polar surface area (TPSA) is 93.5 Å². The van der Waals surface area contributed by atoms with Crippen LogP contribution in [0.4, 0.5) is 16.4 Å². The third-order valence-corrected chi connectivity index (χ3v) is 5.14. The Morgan fingerprint density at radius 1 is 1.50 bits per heavy atom. The Morgan fingerprint density at radius 3 is 3.00 bits per heavy atom. The third kappa shape index (κ3) is 5.18. The molecule has 7 nitrogen and oxygen atoms in total. The lowest BCUT2D eigenvalue weighted by Crippen LogP contribution is -1.99. The number of benzene rings is 1. The van der Waals surface area contributed by atoms with Crippen molar-refractivity contribution >= 4 is 56.0 Å². The van der Waals surface area contributed by atoms with Crippen LogP contribution in [-0.4, -0.2) is 28.9 Å². The summed E-state index contributed by atoms with van der Waals surface area (Å²) in [6, 6.07) is 6.70. The van der Waals surface area contributed by atoms with E-state index in [4.69, 9.17) is 0 Å². The van der Waals surface area contributed by atoms with Crippen molar-refractivity contribution in [1.29, 1.82) is 0 Å². The summed E-state index contributed by atoms with van der Waals surface area (Å²) >= 11 is 4.86. The molecule has 0 spiro atoms. The van der Waals surface area contributed by atoms with Gasteiger partial charge in [0.25, 0.3) is 0 Å². The number of rotatable bonds is 5. The molecule has 1 N–H and O–H groups in total. The van der Waals surface area contributed by atoms with E-state index < -0.39 is 16.7 Å². The molecule has 1 heterocycles. The van der Waals surface area contributed by atoms with Gasteiger partial charge in [-0.3, -0.25) is 4.36 Å². The number of nitrogens with one attached hydrogen (secondary N) is 1. The maximum Gasteiger partial charge on any atom is 0.410 e. The van der Waals surface area contributed by atoms with Crippen molar-refractivity contribution in [3.05, 3.63) is 34.9 Å². The molecule has 0 fully saturated rings. The molecule has 2 aromatic rings. The first-order chi connectivity index (χ1) is 11.5. The van der Waals surface area contributed by atoms with Gasteiger partial charge in [-0.2, -0.15) is 0 Å². The Morgan fingerprint density at radius 2 is 2.29 bits per heavy atom. The van der Waals surface area contributed by atoms with E-state index in [2.05, 4.69) is 40.3 Å². The number of hydrogen-bond donors (Lipinski definition) is 1. The molecule has 2 rings (SSSR count). The summed E-state index contributed by atoms with van der Waals surface area (Å²) in [7, 11) is -1.83. The summed E-state index contributed by atoms with van der Waals surface area (Å²) < 4.78 is 21.0. The number of amides is 1. The zero-order valence-electron chi connectivity index (χ0n) is 12.9. The van der Waals surface area contributed by atoms with E-state index in [0.29, 0.717) is 16.5 Å². The number of aromatic nitrogens is 2. The fraction of sp³-hybridized carbons (Fsp3) is 0.214. The fourth-order valence-electron chi connectivity index (χ4n) is 1.64. The first-order valence-corrected chi connectivity index (χ1v) is 9.90. The van der Waals surface area contributed by atoms with E-state index in [-0.39, 0.29) is 6.61 Å². The van der Waals surface area contributed by atoms with Crippen LogP contribution >= 0.6 is 27.7 Å². The van der Waals surface area contributed by atoms with Crippen LogP contribution in [0.5, 0.6) is 0 Å². The molecule has 1 aromatic carbocycles. The molecule has 1 aromatic heterocycles. The van der Waals surface area contributed by atoms with Crippen molar-refractivity contribution in [2.75, 3.05) is 18.2 Å². The quantitative estimate of drug-likeness (QED) is 0.428. The van der Waals surface area contributed by atoms with Crippen LogP contribution in [-0.2, 0) is 19.5 Å². The van der Waals surface area contributed by atoms with Gasteiger partial charge in [-0.1, -0.05) is 23.1 Å². The van der Waals surface area contributed by atoms with E-state index >= 15 is 0 Å². The Kier molecular flexibility index (Phi) is 7.00. The number of halogens is 1. The highest BCUT2D eigenvalue weighted by atomic mass is 79.9. The minimum absolute atomic E-state index is 0.180. The lowest BCUT2D eigenvalue weighted by molar-refractivity contribution is 0.164. The zero-order chi connectivity index (χ0) is 17.5. The van der Waals surface area contributed by atoms with Crippen LogP contribution in [0.2, 0.25) is 0 Å². The summed E-state index contributed by atoms with van der Waals surface area (Å²) in [5.41, 5.74) is 0.634. The van der Waals surface area contributed by atoms with Gasteiger partial charge >= 0.3 is 6.09 Å². The average molecular weight is 430 g/mol. The van der Waals surface area contributed by atoms with E-state index in [1.54, 1.807) is 37.4 Å². The highest BCUT2D eigenvalue weighted by Crippen LogP contribution is 2.25. The van der Waals surface area contributed by atoms with Crippen LogP contribution in [0.15, 0.2) is 49.2 Å². The molecule has 0 atom stereocenters. The molecule has 0 saturated carbocycles. The lowest BCUT2D eigenvalue weighted by Gasteiger charge is -2.10. The molecule has 0 aliphatic carbocycles. The van der Waals surface area contributed by atoms with Crippen LogP contribution < -0.4 is 5.32 Å². The molecule has 0 aliphatic rings. The van der Waals surface area contributed by atoms with Crippen LogP contribution in [0.3, 0.4) is 0 Å². The predicted octanol–water partition coefficient (Wildman–Crippen LogP) is 4.37. The van der Waals surface area contributed by atoms with Gasteiger partial charge in [0.1, 0.15) is 5.03 Å². The monoisotopic (exact) mass is 429 g/mol. The molecule has 0 radical (unpaired) electrons. The summed E-state index contributed by atoms with van der Waals surface area (Å²) in [6.07, 6.45) is 2.71. The average Bonchev–Trinajstić information content (AvgIpc) is 2.57. The summed E-state index contributed by atoms with van der Waals surface area (Å²) in [4.78, 5) is 20.2.